The molecule has 1 N–H and O–H groups in total. The zero-order valence-corrected chi connectivity index (χ0v) is 12.7. The Morgan fingerprint density at radius 1 is 0.952 bits per heavy atom. The Kier molecular flexibility index (Phi) is 5.32. The van der Waals surface area contributed by atoms with Crippen LogP contribution in [-0.2, 0) is 6.54 Å². The minimum Gasteiger partial charge on any atom is -0.497 e. The van der Waals surface area contributed by atoms with Gasteiger partial charge in [0, 0.05) is 18.2 Å². The molecular formula is C17H21NO3. The van der Waals surface area contributed by atoms with E-state index in [0.717, 1.165) is 28.5 Å². The zero-order chi connectivity index (χ0) is 15.1. The molecule has 0 saturated heterocycles. The molecule has 0 unspecified atom stereocenters. The molecule has 0 bridgehead atoms. The molecule has 21 heavy (non-hydrogen) atoms. The normalized spacial score (nSPS) is 10.0. The lowest BCUT2D eigenvalue weighted by atomic mass is 10.2. The van der Waals surface area contributed by atoms with Gasteiger partial charge in [0.1, 0.15) is 17.2 Å². The van der Waals surface area contributed by atoms with Crippen LogP contribution in [0.1, 0.15) is 12.5 Å². The van der Waals surface area contributed by atoms with Crippen LogP contribution < -0.4 is 19.5 Å². The number of methoxy groups -OCH3 is 2. The van der Waals surface area contributed by atoms with Crippen molar-refractivity contribution >= 4 is 5.69 Å². The van der Waals surface area contributed by atoms with E-state index < -0.39 is 0 Å². The van der Waals surface area contributed by atoms with Gasteiger partial charge in [-0.3, -0.25) is 0 Å². The molecule has 0 aliphatic heterocycles. The van der Waals surface area contributed by atoms with E-state index in [2.05, 4.69) is 5.32 Å². The molecule has 0 heterocycles. The average molecular weight is 287 g/mol. The van der Waals surface area contributed by atoms with E-state index in [0.29, 0.717) is 13.2 Å². The number of benzene rings is 2. The highest BCUT2D eigenvalue weighted by molar-refractivity contribution is 5.59. The van der Waals surface area contributed by atoms with Gasteiger partial charge in [0.2, 0.25) is 0 Å². The van der Waals surface area contributed by atoms with Crippen molar-refractivity contribution in [2.24, 2.45) is 0 Å². The van der Waals surface area contributed by atoms with Gasteiger partial charge in [-0.1, -0.05) is 18.2 Å². The summed E-state index contributed by atoms with van der Waals surface area (Å²) in [6.07, 6.45) is 0. The van der Waals surface area contributed by atoms with Gasteiger partial charge in [-0.2, -0.15) is 0 Å². The Balaban J connectivity index is 2.13. The first kappa shape index (κ1) is 15.0. The summed E-state index contributed by atoms with van der Waals surface area (Å²) in [6.45, 7) is 3.30. The van der Waals surface area contributed by atoms with Crippen LogP contribution in [0.25, 0.3) is 0 Å². The monoisotopic (exact) mass is 287 g/mol. The second-order valence-electron chi connectivity index (χ2n) is 4.46. The molecule has 0 fully saturated rings. The smallest absolute Gasteiger partial charge is 0.145 e. The van der Waals surface area contributed by atoms with E-state index in [-0.39, 0.29) is 0 Å². The Morgan fingerprint density at radius 3 is 2.48 bits per heavy atom. The fourth-order valence-electron chi connectivity index (χ4n) is 2.08. The number of ether oxygens (including phenoxy) is 3. The van der Waals surface area contributed by atoms with Gasteiger partial charge in [-0.25, -0.2) is 0 Å². The minimum absolute atomic E-state index is 0.656. The van der Waals surface area contributed by atoms with Crippen LogP contribution in [0.15, 0.2) is 42.5 Å². The first-order chi connectivity index (χ1) is 10.3. The van der Waals surface area contributed by atoms with E-state index in [1.807, 2.05) is 49.4 Å². The molecule has 4 heteroatoms. The average Bonchev–Trinajstić information content (AvgIpc) is 2.54. The standard InChI is InChI=1S/C17H21NO3/c1-4-21-16-8-6-5-7-13(16)12-18-15-10-9-14(19-2)11-17(15)20-3/h5-11,18H,4,12H2,1-3H3. The first-order valence-electron chi connectivity index (χ1n) is 6.95. The van der Waals surface area contributed by atoms with Crippen molar-refractivity contribution in [3.63, 3.8) is 0 Å². The number of rotatable bonds is 7. The van der Waals surface area contributed by atoms with E-state index >= 15 is 0 Å². The number of hydrogen-bond acceptors (Lipinski definition) is 4. The van der Waals surface area contributed by atoms with Crippen LogP contribution in [0.4, 0.5) is 5.69 Å². The van der Waals surface area contributed by atoms with Crippen LogP contribution in [0.2, 0.25) is 0 Å². The first-order valence-corrected chi connectivity index (χ1v) is 6.95. The maximum atomic E-state index is 5.63. The summed E-state index contributed by atoms with van der Waals surface area (Å²) >= 11 is 0. The lowest BCUT2D eigenvalue weighted by Crippen LogP contribution is -2.04. The SMILES string of the molecule is CCOc1ccccc1CNc1ccc(OC)cc1OC. The van der Waals surface area contributed by atoms with Gasteiger partial charge in [0.15, 0.2) is 0 Å². The number of para-hydroxylation sites is 1. The van der Waals surface area contributed by atoms with Crippen molar-refractivity contribution in [1.29, 1.82) is 0 Å². The van der Waals surface area contributed by atoms with E-state index in [9.17, 15) is 0 Å². The van der Waals surface area contributed by atoms with Crippen LogP contribution in [0.5, 0.6) is 17.2 Å². The molecule has 4 nitrogen and oxygen atoms in total. The highest BCUT2D eigenvalue weighted by Gasteiger charge is 2.07. The van der Waals surface area contributed by atoms with Crippen molar-refractivity contribution in [1.82, 2.24) is 0 Å². The van der Waals surface area contributed by atoms with E-state index in [1.165, 1.54) is 0 Å². The molecular weight excluding hydrogens is 266 g/mol. The van der Waals surface area contributed by atoms with Crippen LogP contribution in [-0.4, -0.2) is 20.8 Å². The van der Waals surface area contributed by atoms with Gasteiger partial charge in [0.05, 0.1) is 26.5 Å². The van der Waals surface area contributed by atoms with Gasteiger partial charge < -0.3 is 19.5 Å². The molecule has 0 spiro atoms. The topological polar surface area (TPSA) is 39.7 Å². The molecule has 2 rings (SSSR count). The summed E-state index contributed by atoms with van der Waals surface area (Å²) in [5, 5.41) is 3.37. The predicted octanol–water partition coefficient (Wildman–Crippen LogP) is 3.71. The van der Waals surface area contributed by atoms with Gasteiger partial charge >= 0.3 is 0 Å². The third-order valence-electron chi connectivity index (χ3n) is 3.15. The summed E-state index contributed by atoms with van der Waals surface area (Å²) < 4.78 is 16.2. The molecule has 0 radical (unpaired) electrons. The number of hydrogen-bond donors (Lipinski definition) is 1. The van der Waals surface area contributed by atoms with Gasteiger partial charge in [0.25, 0.3) is 0 Å². The predicted molar refractivity (Wildman–Crippen MR) is 84.5 cm³/mol. The van der Waals surface area contributed by atoms with Crippen molar-refractivity contribution in [3.05, 3.63) is 48.0 Å². The van der Waals surface area contributed by atoms with Gasteiger partial charge in [-0.05, 0) is 25.1 Å². The molecule has 2 aromatic carbocycles. The lowest BCUT2D eigenvalue weighted by Gasteiger charge is -2.14. The summed E-state index contributed by atoms with van der Waals surface area (Å²) in [6, 6.07) is 13.7. The minimum atomic E-state index is 0.656. The third kappa shape index (κ3) is 3.81. The highest BCUT2D eigenvalue weighted by Crippen LogP contribution is 2.30. The fourth-order valence-corrected chi connectivity index (χ4v) is 2.08. The Bertz CT molecular complexity index is 584. The molecule has 0 aliphatic carbocycles. The molecule has 112 valence electrons. The summed E-state index contributed by atoms with van der Waals surface area (Å²) in [4.78, 5) is 0. The fraction of sp³-hybridized carbons (Fsp3) is 0.294. The Morgan fingerprint density at radius 2 is 1.76 bits per heavy atom. The maximum Gasteiger partial charge on any atom is 0.145 e. The van der Waals surface area contributed by atoms with Crippen molar-refractivity contribution < 1.29 is 14.2 Å². The van der Waals surface area contributed by atoms with Crippen molar-refractivity contribution in [2.45, 2.75) is 13.5 Å². The molecule has 0 aliphatic rings. The Labute approximate surface area is 125 Å². The van der Waals surface area contributed by atoms with Crippen molar-refractivity contribution in [2.75, 3.05) is 26.1 Å². The highest BCUT2D eigenvalue weighted by atomic mass is 16.5. The second-order valence-corrected chi connectivity index (χ2v) is 4.46. The van der Waals surface area contributed by atoms with Crippen LogP contribution in [0.3, 0.4) is 0 Å². The largest absolute Gasteiger partial charge is 0.497 e. The quantitative estimate of drug-likeness (QED) is 0.842. The number of nitrogens with one attached hydrogen (secondary N) is 1. The van der Waals surface area contributed by atoms with Crippen LogP contribution >= 0.6 is 0 Å². The lowest BCUT2D eigenvalue weighted by molar-refractivity contribution is 0.337. The van der Waals surface area contributed by atoms with Gasteiger partial charge in [-0.15, -0.1) is 0 Å². The summed E-state index contributed by atoms with van der Waals surface area (Å²) in [5.74, 6) is 2.43. The molecule has 2 aromatic rings. The summed E-state index contributed by atoms with van der Waals surface area (Å²) in [5.41, 5.74) is 2.03. The van der Waals surface area contributed by atoms with Crippen molar-refractivity contribution in [3.8, 4) is 17.2 Å². The molecule has 0 amide bonds. The molecule has 0 aromatic heterocycles. The third-order valence-corrected chi connectivity index (χ3v) is 3.15. The zero-order valence-electron chi connectivity index (χ0n) is 12.7. The summed E-state index contributed by atoms with van der Waals surface area (Å²) in [7, 11) is 3.29. The van der Waals surface area contributed by atoms with E-state index in [1.54, 1.807) is 14.2 Å². The second kappa shape index (κ2) is 7.43. The van der Waals surface area contributed by atoms with E-state index in [4.69, 9.17) is 14.2 Å². The molecule has 0 atom stereocenters. The Hall–Kier alpha value is -2.36. The van der Waals surface area contributed by atoms with Crippen LogP contribution in [0, 0.1) is 0 Å². The molecule has 0 saturated carbocycles. The number of anilines is 1. The maximum absolute atomic E-state index is 5.63.